The molecule has 6 heteroatoms. The number of morpholine rings is 1. The number of ether oxygens (including phenoxy) is 1. The minimum absolute atomic E-state index is 0.0180. The Bertz CT molecular complexity index is 984. The van der Waals surface area contributed by atoms with Crippen LogP contribution in [0.3, 0.4) is 0 Å². The van der Waals surface area contributed by atoms with Gasteiger partial charge in [0.25, 0.3) is 5.91 Å². The molecule has 1 saturated heterocycles. The second kappa shape index (κ2) is 9.25. The molecule has 5 nitrogen and oxygen atoms in total. The summed E-state index contributed by atoms with van der Waals surface area (Å²) in [7, 11) is 0. The molecule has 0 unspecified atom stereocenters. The summed E-state index contributed by atoms with van der Waals surface area (Å²) < 4.78 is 6.57. The third-order valence-corrected chi connectivity index (χ3v) is 6.77. The second-order valence-corrected chi connectivity index (χ2v) is 9.04. The van der Waals surface area contributed by atoms with Crippen molar-refractivity contribution in [1.82, 2.24) is 9.88 Å². The molecule has 1 aromatic heterocycles. The Labute approximate surface area is 182 Å². The lowest BCUT2D eigenvalue weighted by Gasteiger charge is -2.27. The van der Waals surface area contributed by atoms with Crippen molar-refractivity contribution >= 4 is 32.6 Å². The van der Waals surface area contributed by atoms with Crippen LogP contribution in [0.1, 0.15) is 33.5 Å². The van der Waals surface area contributed by atoms with Crippen LogP contribution in [0.5, 0.6) is 0 Å². The van der Waals surface area contributed by atoms with E-state index in [-0.39, 0.29) is 5.91 Å². The van der Waals surface area contributed by atoms with Crippen LogP contribution in [-0.4, -0.2) is 55.2 Å². The van der Waals surface area contributed by atoms with Crippen molar-refractivity contribution < 1.29 is 9.53 Å². The molecular formula is C24H29N3O2S. The predicted molar refractivity (Wildman–Crippen MR) is 124 cm³/mol. The van der Waals surface area contributed by atoms with Gasteiger partial charge in [0.05, 0.1) is 23.4 Å². The first-order chi connectivity index (χ1) is 14.5. The molecule has 158 valence electrons. The summed E-state index contributed by atoms with van der Waals surface area (Å²) >= 11 is 1.60. The van der Waals surface area contributed by atoms with Crippen molar-refractivity contribution in [3.05, 3.63) is 58.7 Å². The number of anilines is 1. The first-order valence-electron chi connectivity index (χ1n) is 10.6. The molecule has 0 N–H and O–H groups in total. The topological polar surface area (TPSA) is 45.7 Å². The largest absolute Gasteiger partial charge is 0.379 e. The third-order valence-electron chi connectivity index (χ3n) is 5.73. The molecule has 3 aromatic rings. The van der Waals surface area contributed by atoms with Gasteiger partial charge < -0.3 is 4.74 Å². The van der Waals surface area contributed by atoms with Gasteiger partial charge in [0.15, 0.2) is 5.13 Å². The molecule has 1 aliphatic heterocycles. The van der Waals surface area contributed by atoms with Crippen LogP contribution in [0, 0.1) is 20.8 Å². The lowest BCUT2D eigenvalue weighted by Crippen LogP contribution is -2.39. The summed E-state index contributed by atoms with van der Waals surface area (Å²) in [6.45, 7) is 11.4. The van der Waals surface area contributed by atoms with E-state index in [4.69, 9.17) is 9.72 Å². The van der Waals surface area contributed by atoms with Gasteiger partial charge in [-0.3, -0.25) is 14.6 Å². The highest BCUT2D eigenvalue weighted by molar-refractivity contribution is 7.22. The van der Waals surface area contributed by atoms with Gasteiger partial charge in [-0.2, -0.15) is 0 Å². The minimum atomic E-state index is 0.0180. The van der Waals surface area contributed by atoms with Crippen LogP contribution in [-0.2, 0) is 4.74 Å². The van der Waals surface area contributed by atoms with E-state index in [0.29, 0.717) is 12.1 Å². The summed E-state index contributed by atoms with van der Waals surface area (Å²) in [6, 6.07) is 12.1. The van der Waals surface area contributed by atoms with Crippen LogP contribution in [0.25, 0.3) is 10.2 Å². The Morgan fingerprint density at radius 3 is 2.53 bits per heavy atom. The van der Waals surface area contributed by atoms with Gasteiger partial charge in [-0.1, -0.05) is 29.0 Å². The molecule has 0 atom stereocenters. The van der Waals surface area contributed by atoms with Gasteiger partial charge in [0.2, 0.25) is 0 Å². The molecule has 0 aliphatic carbocycles. The van der Waals surface area contributed by atoms with Gasteiger partial charge in [-0.15, -0.1) is 0 Å². The van der Waals surface area contributed by atoms with Crippen LogP contribution in [0.2, 0.25) is 0 Å². The lowest BCUT2D eigenvalue weighted by molar-refractivity contribution is 0.0376. The molecule has 1 aliphatic rings. The average Bonchev–Trinajstić information content (AvgIpc) is 3.14. The zero-order valence-electron chi connectivity index (χ0n) is 18.0. The maximum atomic E-state index is 13.4. The molecule has 0 radical (unpaired) electrons. The van der Waals surface area contributed by atoms with Gasteiger partial charge in [-0.25, -0.2) is 4.98 Å². The quantitative estimate of drug-likeness (QED) is 0.582. The van der Waals surface area contributed by atoms with Gasteiger partial charge in [-0.05, 0) is 62.6 Å². The number of benzene rings is 2. The van der Waals surface area contributed by atoms with E-state index < -0.39 is 0 Å². The number of aryl methyl sites for hydroxylation is 3. The van der Waals surface area contributed by atoms with E-state index in [1.54, 1.807) is 11.3 Å². The van der Waals surface area contributed by atoms with Crippen molar-refractivity contribution in [3.63, 3.8) is 0 Å². The highest BCUT2D eigenvalue weighted by Gasteiger charge is 2.22. The van der Waals surface area contributed by atoms with Crippen LogP contribution < -0.4 is 4.90 Å². The minimum Gasteiger partial charge on any atom is -0.379 e. The molecule has 30 heavy (non-hydrogen) atoms. The molecule has 1 fully saturated rings. The summed E-state index contributed by atoms with van der Waals surface area (Å²) in [5.41, 5.74) is 5.30. The summed E-state index contributed by atoms with van der Waals surface area (Å²) in [5.74, 6) is 0.0180. The van der Waals surface area contributed by atoms with Crippen molar-refractivity contribution in [2.75, 3.05) is 44.3 Å². The number of nitrogens with zero attached hydrogens (tertiary/aromatic N) is 3. The van der Waals surface area contributed by atoms with Crippen molar-refractivity contribution in [3.8, 4) is 0 Å². The summed E-state index contributed by atoms with van der Waals surface area (Å²) in [6.07, 6.45) is 0.908. The number of rotatable bonds is 6. The smallest absolute Gasteiger partial charge is 0.260 e. The van der Waals surface area contributed by atoms with Crippen molar-refractivity contribution in [1.29, 1.82) is 0 Å². The SMILES string of the molecule is Cc1ccc(C(=O)N(CCCN2CCOCC2)c2nc3cc(C)c(C)cc3s2)cc1. The number of amides is 1. The van der Waals surface area contributed by atoms with Gasteiger partial charge >= 0.3 is 0 Å². The fraction of sp³-hybridized carbons (Fsp3) is 0.417. The number of fused-ring (bicyclic) bond motifs is 1. The van der Waals surface area contributed by atoms with Crippen LogP contribution in [0.4, 0.5) is 5.13 Å². The van der Waals surface area contributed by atoms with E-state index in [9.17, 15) is 4.79 Å². The zero-order valence-corrected chi connectivity index (χ0v) is 18.8. The molecule has 4 rings (SSSR count). The third kappa shape index (κ3) is 4.72. The Kier molecular flexibility index (Phi) is 6.46. The number of hydrogen-bond donors (Lipinski definition) is 0. The standard InChI is InChI=1S/C24H29N3O2S/c1-17-5-7-20(8-6-17)23(28)27(10-4-9-26-11-13-29-14-12-26)24-25-21-15-18(2)19(3)16-22(21)30-24/h5-8,15-16H,4,9-14H2,1-3H3. The monoisotopic (exact) mass is 423 g/mol. The highest BCUT2D eigenvalue weighted by Crippen LogP contribution is 2.31. The highest BCUT2D eigenvalue weighted by atomic mass is 32.1. The van der Waals surface area contributed by atoms with E-state index in [0.717, 1.165) is 60.2 Å². The molecule has 0 bridgehead atoms. The maximum absolute atomic E-state index is 13.4. The normalized spacial score (nSPS) is 14.9. The predicted octanol–water partition coefficient (Wildman–Crippen LogP) is 4.59. The molecule has 0 spiro atoms. The first-order valence-corrected chi connectivity index (χ1v) is 11.4. The molecule has 1 amide bonds. The Morgan fingerprint density at radius 1 is 1.10 bits per heavy atom. The molecular weight excluding hydrogens is 394 g/mol. The van der Waals surface area contributed by atoms with Gasteiger partial charge in [0.1, 0.15) is 0 Å². The number of thiazole rings is 1. The summed E-state index contributed by atoms with van der Waals surface area (Å²) in [4.78, 5) is 22.5. The molecule has 2 aromatic carbocycles. The summed E-state index contributed by atoms with van der Waals surface area (Å²) in [5, 5.41) is 0.780. The van der Waals surface area contributed by atoms with Crippen LogP contribution >= 0.6 is 11.3 Å². The number of aromatic nitrogens is 1. The Balaban J connectivity index is 1.58. The average molecular weight is 424 g/mol. The number of carbonyl (C=O) groups is 1. The zero-order chi connectivity index (χ0) is 21.1. The second-order valence-electron chi connectivity index (χ2n) is 8.03. The van der Waals surface area contributed by atoms with E-state index in [2.05, 4.69) is 30.9 Å². The van der Waals surface area contributed by atoms with Crippen molar-refractivity contribution in [2.24, 2.45) is 0 Å². The fourth-order valence-corrected chi connectivity index (χ4v) is 4.77. The first kappa shape index (κ1) is 21.0. The maximum Gasteiger partial charge on any atom is 0.260 e. The Morgan fingerprint density at radius 2 is 1.80 bits per heavy atom. The number of hydrogen-bond acceptors (Lipinski definition) is 5. The van der Waals surface area contributed by atoms with Crippen LogP contribution in [0.15, 0.2) is 36.4 Å². The molecule has 0 saturated carbocycles. The molecule has 2 heterocycles. The fourth-order valence-electron chi connectivity index (χ4n) is 3.70. The lowest BCUT2D eigenvalue weighted by atomic mass is 10.1. The van der Waals surface area contributed by atoms with E-state index in [1.807, 2.05) is 36.1 Å². The number of carbonyl (C=O) groups excluding carboxylic acids is 1. The van der Waals surface area contributed by atoms with Gasteiger partial charge in [0, 0.05) is 31.7 Å². The van der Waals surface area contributed by atoms with E-state index in [1.165, 1.54) is 11.1 Å². The van der Waals surface area contributed by atoms with Crippen molar-refractivity contribution in [2.45, 2.75) is 27.2 Å². The Hall–Kier alpha value is -2.28. The van der Waals surface area contributed by atoms with E-state index >= 15 is 0 Å².